The minimum atomic E-state index is -0.106. The molecular formula is C14H17N3OS. The largest absolute Gasteiger partial charge is 0.365 e. The van der Waals surface area contributed by atoms with Crippen molar-refractivity contribution < 1.29 is 4.79 Å². The summed E-state index contributed by atoms with van der Waals surface area (Å²) in [6.45, 7) is 5.83. The third kappa shape index (κ3) is 2.93. The maximum Gasteiger partial charge on any atom is 0.267 e. The van der Waals surface area contributed by atoms with Gasteiger partial charge in [-0.3, -0.25) is 4.79 Å². The molecule has 1 aromatic heterocycles. The standard InChI is InChI=1S/C14H17N3OS/c1-8-5-6-9(2)11(7-8)17-13(18)12-10(3)16-14(15-4)19-12/h5-7H,1-4H3,(H,15,16)(H,17,18). The Balaban J connectivity index is 2.25. The fourth-order valence-electron chi connectivity index (χ4n) is 1.76. The van der Waals surface area contributed by atoms with Crippen molar-refractivity contribution in [3.63, 3.8) is 0 Å². The molecule has 0 spiro atoms. The average molecular weight is 275 g/mol. The predicted octanol–water partition coefficient (Wildman–Crippen LogP) is 3.36. The van der Waals surface area contributed by atoms with E-state index in [4.69, 9.17) is 0 Å². The summed E-state index contributed by atoms with van der Waals surface area (Å²) < 4.78 is 0. The summed E-state index contributed by atoms with van der Waals surface area (Å²) >= 11 is 1.36. The zero-order valence-electron chi connectivity index (χ0n) is 11.5. The van der Waals surface area contributed by atoms with Crippen molar-refractivity contribution in [1.29, 1.82) is 0 Å². The third-order valence-electron chi connectivity index (χ3n) is 2.86. The smallest absolute Gasteiger partial charge is 0.267 e. The first-order valence-corrected chi connectivity index (χ1v) is 6.86. The summed E-state index contributed by atoms with van der Waals surface area (Å²) in [5.74, 6) is -0.106. The topological polar surface area (TPSA) is 54.0 Å². The van der Waals surface area contributed by atoms with Gasteiger partial charge < -0.3 is 10.6 Å². The van der Waals surface area contributed by atoms with Crippen LogP contribution >= 0.6 is 11.3 Å². The van der Waals surface area contributed by atoms with E-state index in [0.717, 1.165) is 27.6 Å². The highest BCUT2D eigenvalue weighted by molar-refractivity contribution is 7.17. The number of hydrogen-bond acceptors (Lipinski definition) is 4. The van der Waals surface area contributed by atoms with Gasteiger partial charge in [0, 0.05) is 12.7 Å². The number of amides is 1. The molecule has 0 aliphatic carbocycles. The summed E-state index contributed by atoms with van der Waals surface area (Å²) in [5.41, 5.74) is 3.77. The highest BCUT2D eigenvalue weighted by Gasteiger charge is 2.15. The van der Waals surface area contributed by atoms with Crippen molar-refractivity contribution in [1.82, 2.24) is 4.98 Å². The van der Waals surface area contributed by atoms with Gasteiger partial charge in [0.05, 0.1) is 5.69 Å². The molecule has 0 fully saturated rings. The number of nitrogens with zero attached hydrogens (tertiary/aromatic N) is 1. The Kier molecular flexibility index (Phi) is 3.85. The van der Waals surface area contributed by atoms with Crippen LogP contribution in [-0.2, 0) is 0 Å². The Hall–Kier alpha value is -1.88. The van der Waals surface area contributed by atoms with Crippen LogP contribution in [0.5, 0.6) is 0 Å². The summed E-state index contributed by atoms with van der Waals surface area (Å²) in [4.78, 5) is 17.2. The highest BCUT2D eigenvalue weighted by atomic mass is 32.1. The van der Waals surface area contributed by atoms with Crippen LogP contribution in [0.1, 0.15) is 26.5 Å². The maximum atomic E-state index is 12.3. The molecule has 4 nitrogen and oxygen atoms in total. The molecule has 100 valence electrons. The fraction of sp³-hybridized carbons (Fsp3) is 0.286. The Labute approximate surface area is 116 Å². The van der Waals surface area contributed by atoms with Crippen LogP contribution in [0.25, 0.3) is 0 Å². The first-order valence-electron chi connectivity index (χ1n) is 6.05. The first-order chi connectivity index (χ1) is 9.01. The fourth-order valence-corrected chi connectivity index (χ4v) is 2.58. The van der Waals surface area contributed by atoms with E-state index in [1.54, 1.807) is 7.05 Å². The van der Waals surface area contributed by atoms with Crippen molar-refractivity contribution in [3.8, 4) is 0 Å². The number of carbonyl (C=O) groups excluding carboxylic acids is 1. The van der Waals surface area contributed by atoms with Gasteiger partial charge in [-0.15, -0.1) is 0 Å². The Morgan fingerprint density at radius 1 is 1.26 bits per heavy atom. The Morgan fingerprint density at radius 2 is 2.00 bits per heavy atom. The lowest BCUT2D eigenvalue weighted by Gasteiger charge is -2.08. The number of rotatable bonds is 3. The van der Waals surface area contributed by atoms with Crippen LogP contribution < -0.4 is 10.6 Å². The lowest BCUT2D eigenvalue weighted by Crippen LogP contribution is -2.12. The lowest BCUT2D eigenvalue weighted by atomic mass is 10.1. The van der Waals surface area contributed by atoms with Crippen LogP contribution in [0.2, 0.25) is 0 Å². The number of aromatic nitrogens is 1. The van der Waals surface area contributed by atoms with E-state index < -0.39 is 0 Å². The van der Waals surface area contributed by atoms with E-state index in [-0.39, 0.29) is 5.91 Å². The number of thiazole rings is 1. The molecule has 2 aromatic rings. The van der Waals surface area contributed by atoms with E-state index in [1.807, 2.05) is 39.0 Å². The zero-order valence-corrected chi connectivity index (χ0v) is 12.3. The molecule has 1 heterocycles. The van der Waals surface area contributed by atoms with Gasteiger partial charge in [0.2, 0.25) is 0 Å². The minimum absolute atomic E-state index is 0.106. The van der Waals surface area contributed by atoms with E-state index in [0.29, 0.717) is 4.88 Å². The van der Waals surface area contributed by atoms with Gasteiger partial charge in [0.25, 0.3) is 5.91 Å². The van der Waals surface area contributed by atoms with Crippen LogP contribution in [-0.4, -0.2) is 17.9 Å². The summed E-state index contributed by atoms with van der Waals surface area (Å²) in [6.07, 6.45) is 0. The quantitative estimate of drug-likeness (QED) is 0.903. The van der Waals surface area contributed by atoms with Crippen LogP contribution in [0.15, 0.2) is 18.2 Å². The minimum Gasteiger partial charge on any atom is -0.365 e. The third-order valence-corrected chi connectivity index (χ3v) is 4.03. The molecule has 5 heteroatoms. The van der Waals surface area contributed by atoms with Crippen LogP contribution in [0.3, 0.4) is 0 Å². The van der Waals surface area contributed by atoms with Crippen molar-refractivity contribution >= 4 is 28.1 Å². The number of anilines is 2. The molecule has 19 heavy (non-hydrogen) atoms. The number of nitrogens with one attached hydrogen (secondary N) is 2. The molecule has 0 aliphatic rings. The second-order valence-electron chi connectivity index (χ2n) is 4.46. The Bertz CT molecular complexity index is 619. The maximum absolute atomic E-state index is 12.3. The van der Waals surface area contributed by atoms with Gasteiger partial charge in [-0.1, -0.05) is 23.5 Å². The number of hydrogen-bond donors (Lipinski definition) is 2. The van der Waals surface area contributed by atoms with E-state index >= 15 is 0 Å². The molecule has 0 bridgehead atoms. The van der Waals surface area contributed by atoms with Crippen molar-refractivity contribution in [3.05, 3.63) is 39.9 Å². The molecule has 0 atom stereocenters. The van der Waals surface area contributed by atoms with E-state index in [2.05, 4.69) is 15.6 Å². The molecule has 0 saturated carbocycles. The zero-order chi connectivity index (χ0) is 14.0. The second-order valence-corrected chi connectivity index (χ2v) is 5.46. The SMILES string of the molecule is CNc1nc(C)c(C(=O)Nc2cc(C)ccc2C)s1. The van der Waals surface area contributed by atoms with Gasteiger partial charge in [0.15, 0.2) is 5.13 Å². The highest BCUT2D eigenvalue weighted by Crippen LogP contribution is 2.24. The number of carbonyl (C=O) groups is 1. The molecule has 0 aliphatic heterocycles. The lowest BCUT2D eigenvalue weighted by molar-refractivity contribution is 0.102. The van der Waals surface area contributed by atoms with Gasteiger partial charge >= 0.3 is 0 Å². The Morgan fingerprint density at radius 3 is 2.63 bits per heavy atom. The summed E-state index contributed by atoms with van der Waals surface area (Å²) in [5, 5.41) is 6.66. The molecule has 0 saturated heterocycles. The summed E-state index contributed by atoms with van der Waals surface area (Å²) in [7, 11) is 1.80. The normalized spacial score (nSPS) is 10.3. The molecule has 2 rings (SSSR count). The number of benzene rings is 1. The van der Waals surface area contributed by atoms with Crippen LogP contribution in [0.4, 0.5) is 10.8 Å². The average Bonchev–Trinajstić information content (AvgIpc) is 2.75. The first kappa shape index (κ1) is 13.5. The van der Waals surface area contributed by atoms with E-state index in [9.17, 15) is 4.79 Å². The van der Waals surface area contributed by atoms with Crippen molar-refractivity contribution in [2.45, 2.75) is 20.8 Å². The van der Waals surface area contributed by atoms with Gasteiger partial charge in [-0.05, 0) is 38.0 Å². The van der Waals surface area contributed by atoms with Gasteiger partial charge in [0.1, 0.15) is 4.88 Å². The van der Waals surface area contributed by atoms with E-state index in [1.165, 1.54) is 11.3 Å². The molecule has 0 radical (unpaired) electrons. The van der Waals surface area contributed by atoms with Crippen LogP contribution in [0, 0.1) is 20.8 Å². The van der Waals surface area contributed by atoms with Crippen molar-refractivity contribution in [2.75, 3.05) is 17.7 Å². The van der Waals surface area contributed by atoms with Gasteiger partial charge in [-0.25, -0.2) is 4.98 Å². The van der Waals surface area contributed by atoms with Gasteiger partial charge in [-0.2, -0.15) is 0 Å². The molecular weight excluding hydrogens is 258 g/mol. The monoisotopic (exact) mass is 275 g/mol. The molecule has 1 amide bonds. The predicted molar refractivity (Wildman–Crippen MR) is 80.3 cm³/mol. The molecule has 1 aromatic carbocycles. The molecule has 2 N–H and O–H groups in total. The number of aryl methyl sites for hydroxylation is 3. The second kappa shape index (κ2) is 5.40. The summed E-state index contributed by atoms with van der Waals surface area (Å²) in [6, 6.07) is 6.01. The van der Waals surface area contributed by atoms with Crippen molar-refractivity contribution in [2.24, 2.45) is 0 Å². The molecule has 0 unspecified atom stereocenters.